The second-order valence-electron chi connectivity index (χ2n) is 25.1. The number of carbonyl (C=O) groups excluding carboxylic acids is 14. The van der Waals surface area contributed by atoms with Crippen molar-refractivity contribution in [2.24, 2.45) is 35.1 Å². The van der Waals surface area contributed by atoms with Crippen molar-refractivity contribution >= 4 is 163 Å². The number of carboxylic acid groups (broad SMARTS) is 1. The molecule has 9 amide bonds. The molecule has 0 saturated carbocycles. The number of hydrogen-bond donors (Lipinski definition) is 13. The molecule has 548 valence electrons. The van der Waals surface area contributed by atoms with Gasteiger partial charge in [0.25, 0.3) is 0 Å². The zero-order chi connectivity index (χ0) is 73.3. The normalized spacial score (nSPS) is 28.0. The molecule has 36 heteroatoms. The highest BCUT2D eigenvalue weighted by Crippen LogP contribution is 2.37. The Morgan fingerprint density at radius 3 is 1.79 bits per heavy atom. The minimum Gasteiger partial charge on any atom is -0.508 e. The van der Waals surface area contributed by atoms with Crippen molar-refractivity contribution in [3.05, 3.63) is 59.7 Å². The number of aromatic hydroxyl groups is 2. The van der Waals surface area contributed by atoms with Gasteiger partial charge >= 0.3 is 5.97 Å². The number of carboxylic acids is 1. The lowest BCUT2D eigenvalue weighted by atomic mass is 9.89. The fourth-order valence-corrected chi connectivity index (χ4v) is 20.1. The highest BCUT2D eigenvalue weighted by Gasteiger charge is 2.42. The molecule has 100 heavy (non-hydrogen) atoms. The van der Waals surface area contributed by atoms with Gasteiger partial charge < -0.3 is 74.0 Å². The van der Waals surface area contributed by atoms with Crippen LogP contribution >= 0.6 is 74.6 Å². The molecule has 0 radical (unpaired) electrons. The Morgan fingerprint density at radius 2 is 1.16 bits per heavy atom. The second kappa shape index (κ2) is 40.9. The molecule has 2 aromatic carbocycles. The van der Waals surface area contributed by atoms with Crippen molar-refractivity contribution in [1.29, 1.82) is 0 Å². The van der Waals surface area contributed by atoms with Gasteiger partial charge in [0.15, 0.2) is 28.9 Å². The molecule has 4 bridgehead atoms. The molecule has 0 aromatic heterocycles. The number of nitrogens with two attached hydrogens (primary N) is 2. The molecule has 2 aromatic rings. The summed E-state index contributed by atoms with van der Waals surface area (Å²) in [5.41, 5.74) is 13.4. The van der Waals surface area contributed by atoms with Crippen LogP contribution in [0.1, 0.15) is 103 Å². The van der Waals surface area contributed by atoms with Crippen LogP contribution in [0.2, 0.25) is 0 Å². The number of hydrogen-bond acceptors (Lipinski definition) is 26. The molecule has 14 atom stereocenters. The number of benzene rings is 2. The number of amides is 9. The molecule has 4 heterocycles. The third-order valence-corrected chi connectivity index (χ3v) is 26.1. The largest absolute Gasteiger partial charge is 0.508 e. The maximum absolute atomic E-state index is 15.1. The quantitative estimate of drug-likeness (QED) is 0.125. The third kappa shape index (κ3) is 26.7. The molecule has 4 aliphatic rings. The number of aliphatic hydroxyl groups excluding tert-OH is 1. The number of nitrogens with one attached hydrogen (secondary N) is 7. The zero-order valence-electron chi connectivity index (χ0n) is 55.2. The highest BCUT2D eigenvalue weighted by molar-refractivity contribution is 9.09. The van der Waals surface area contributed by atoms with Crippen LogP contribution < -0.4 is 48.7 Å². The molecule has 15 N–H and O–H groups in total. The number of Topliss-reactive ketones (excluding diaryl/α,β-unsaturated/α-hetero) is 5. The van der Waals surface area contributed by atoms with E-state index in [4.69, 9.17) is 11.5 Å². The summed E-state index contributed by atoms with van der Waals surface area (Å²) < 4.78 is 0. The third-order valence-electron chi connectivity index (χ3n) is 16.9. The number of phenolic OH excluding ortho intramolecular Hbond substituents is 2. The van der Waals surface area contributed by atoms with E-state index < -0.39 is 218 Å². The molecule has 4 fully saturated rings. The van der Waals surface area contributed by atoms with E-state index in [1.165, 1.54) is 50.2 Å². The van der Waals surface area contributed by atoms with Crippen molar-refractivity contribution in [3.8, 4) is 11.5 Å². The summed E-state index contributed by atoms with van der Waals surface area (Å²) in [6, 6.07) is -1.56. The number of primary amides is 1. The second-order valence-corrected chi connectivity index (χ2v) is 34.5. The van der Waals surface area contributed by atoms with Crippen LogP contribution in [0.3, 0.4) is 0 Å². The van der Waals surface area contributed by atoms with Gasteiger partial charge in [0, 0.05) is 91.9 Å². The van der Waals surface area contributed by atoms with Gasteiger partial charge in [-0.25, -0.2) is 0 Å². The number of fused-ring (bicyclic) bond motifs is 20. The average molecular weight is 1520 g/mol. The Bertz CT molecular complexity index is 3300. The first-order valence-corrected chi connectivity index (χ1v) is 41.2. The standard InChI is InChI=1S/C64H86N10O19S7/c1-32(19-35-6-10-40(76)11-7-35)20-52(81)45-29-98-100-99-31-47-62(91)72-46-30-97-96-28-42(65)51(80)24-39(59(88)69-43(14-17-56(85)86)53(82)22-37(58(87)71-47)21-36-8-12-41(77)13-9-36)27-95-94-26-38(60(89)73-57(34(3)75)49(78)15-16-55(84)68-45)23-50(79)33(2)67-63(92)48-5-4-18-74(48)64(93)44(25-54(66)83)70-61(46)90/h6-13,32-34,37-39,42-48,57,75-77H,4-5,14-31,65H2,1-3H3,(H2,66,83)(H,67,92)(H,68,84)(H,69,88)(H,70,90)(H,71,87)(H,72,91)(H,73,89)(H,85,86)/t32-,33?,34+,37-,38?,39+,42?,43?,44+,45?,46?,47?,48?,57?/m1/s1. The fraction of sp³-hybridized carbons (Fsp3) is 0.578. The van der Waals surface area contributed by atoms with Crippen LogP contribution in [-0.2, 0) is 84.8 Å². The lowest BCUT2D eigenvalue weighted by molar-refractivity contribution is -0.143. The maximum atomic E-state index is 15.1. The minimum absolute atomic E-state index is 0.0388. The maximum Gasteiger partial charge on any atom is 0.303 e. The Balaban J connectivity index is 1.53. The van der Waals surface area contributed by atoms with Crippen LogP contribution in [-0.4, -0.2) is 215 Å². The number of aliphatic carboxylic acids is 1. The van der Waals surface area contributed by atoms with Gasteiger partial charge in [-0.1, -0.05) is 96.0 Å². The summed E-state index contributed by atoms with van der Waals surface area (Å²) in [4.78, 5) is 215. The van der Waals surface area contributed by atoms with Gasteiger partial charge in [-0.05, 0) is 97.1 Å². The average Bonchev–Trinajstić information content (AvgIpc) is 1.67. The van der Waals surface area contributed by atoms with Gasteiger partial charge in [-0.2, -0.15) is 0 Å². The van der Waals surface area contributed by atoms with Gasteiger partial charge in [0.1, 0.15) is 41.7 Å². The van der Waals surface area contributed by atoms with E-state index in [0.29, 0.717) is 12.0 Å². The lowest BCUT2D eigenvalue weighted by Gasteiger charge is -2.30. The van der Waals surface area contributed by atoms with Crippen molar-refractivity contribution in [2.45, 2.75) is 165 Å². The number of aliphatic hydroxyl groups is 1. The Morgan fingerprint density at radius 1 is 0.600 bits per heavy atom. The first-order valence-electron chi connectivity index (χ1n) is 32.4. The molecule has 9 unspecified atom stereocenters. The number of ketones is 5. The van der Waals surface area contributed by atoms with E-state index in [2.05, 4.69) is 37.2 Å². The number of rotatable bonds is 13. The van der Waals surface area contributed by atoms with E-state index in [1.807, 2.05) is 6.92 Å². The topological polar surface area (TPSA) is 476 Å². The summed E-state index contributed by atoms with van der Waals surface area (Å²) in [6.07, 6.45) is -6.27. The van der Waals surface area contributed by atoms with Crippen LogP contribution in [0.5, 0.6) is 11.5 Å². The van der Waals surface area contributed by atoms with Crippen molar-refractivity contribution in [2.75, 3.05) is 41.1 Å². The van der Waals surface area contributed by atoms with E-state index in [9.17, 15) is 82.8 Å². The molecule has 0 aliphatic carbocycles. The highest BCUT2D eigenvalue weighted by atomic mass is 33.5. The van der Waals surface area contributed by atoms with E-state index in [1.54, 1.807) is 12.1 Å². The number of nitrogens with zero attached hydrogens (tertiary/aromatic N) is 1. The van der Waals surface area contributed by atoms with Gasteiger partial charge in [0.2, 0.25) is 53.2 Å². The van der Waals surface area contributed by atoms with E-state index in [0.717, 1.165) is 85.1 Å². The Labute approximate surface area is 605 Å². The number of carbonyl (C=O) groups is 15. The summed E-state index contributed by atoms with van der Waals surface area (Å²) >= 11 is 0. The first-order chi connectivity index (χ1) is 47.5. The summed E-state index contributed by atoms with van der Waals surface area (Å²) in [5, 5.41) is 59.4. The molecular formula is C64H86N10O19S7. The predicted molar refractivity (Wildman–Crippen MR) is 383 cm³/mol. The molecule has 0 spiro atoms. The van der Waals surface area contributed by atoms with Crippen molar-refractivity contribution in [3.63, 3.8) is 0 Å². The zero-order valence-corrected chi connectivity index (χ0v) is 60.9. The van der Waals surface area contributed by atoms with Crippen LogP contribution in [0.4, 0.5) is 0 Å². The predicted octanol–water partition coefficient (Wildman–Crippen LogP) is 1.24. The summed E-state index contributed by atoms with van der Waals surface area (Å²) in [6.45, 7) is 4.27. The molecule has 4 aliphatic heterocycles. The smallest absolute Gasteiger partial charge is 0.303 e. The first kappa shape index (κ1) is 82.4. The summed E-state index contributed by atoms with van der Waals surface area (Å²) in [7, 11) is 6.83. The SMILES string of the molecule is CC1NC(=O)C2CCCN2C(=O)[C@H](CC(N)=O)NC(=O)C2CSSCC(N)C(=O)C[C@H]3CSSCC(CC1=O)C(=O)NC([C@H](C)O)C(=O)CCC(=O)NC(C(=O)C[C@H](C)Cc1ccc(O)cc1)CSSSCC(NC(=O)[C@H](Cc1ccc(O)cc1)CC(=O)C(CCC(=O)O)NC3=O)C(=O)N2. The molecule has 29 nitrogen and oxygen atoms in total. The van der Waals surface area contributed by atoms with Crippen LogP contribution in [0, 0.1) is 23.7 Å². The van der Waals surface area contributed by atoms with E-state index >= 15 is 9.59 Å². The van der Waals surface area contributed by atoms with Gasteiger partial charge in [-0.3, -0.25) is 71.9 Å². The molecular weight excluding hydrogens is 1440 g/mol. The number of phenols is 2. The molecule has 6 rings (SSSR count). The Hall–Kier alpha value is -6.54. The monoisotopic (exact) mass is 1520 g/mol. The van der Waals surface area contributed by atoms with E-state index in [-0.39, 0.29) is 84.2 Å². The fourth-order valence-electron chi connectivity index (χ4n) is 11.2. The van der Waals surface area contributed by atoms with Gasteiger partial charge in [-0.15, -0.1) is 0 Å². The summed E-state index contributed by atoms with van der Waals surface area (Å²) in [5.74, 6) is -19.5. The van der Waals surface area contributed by atoms with Crippen molar-refractivity contribution in [1.82, 2.24) is 42.1 Å². The van der Waals surface area contributed by atoms with Crippen LogP contribution in [0.25, 0.3) is 0 Å². The van der Waals surface area contributed by atoms with Crippen LogP contribution in [0.15, 0.2) is 48.5 Å². The van der Waals surface area contributed by atoms with Crippen molar-refractivity contribution < 1.29 is 92.3 Å². The lowest BCUT2D eigenvalue weighted by Crippen LogP contribution is -2.60. The molecule has 4 saturated heterocycles. The Kier molecular flexibility index (Phi) is 33.7. The van der Waals surface area contributed by atoms with Gasteiger partial charge in [0.05, 0.1) is 48.5 Å². The minimum atomic E-state index is -1.77.